The van der Waals surface area contributed by atoms with Crippen LogP contribution in [0.2, 0.25) is 0 Å². The quantitative estimate of drug-likeness (QED) is 0.486. The van der Waals surface area contributed by atoms with Gasteiger partial charge in [-0.3, -0.25) is 4.79 Å². The summed E-state index contributed by atoms with van der Waals surface area (Å²) in [4.78, 5) is 26.1. The zero-order valence-corrected chi connectivity index (χ0v) is 16.6. The van der Waals surface area contributed by atoms with Crippen molar-refractivity contribution in [2.24, 2.45) is 0 Å². The number of morpholine rings is 1. The van der Waals surface area contributed by atoms with Gasteiger partial charge in [0, 0.05) is 27.2 Å². The number of hydrogen-bond donors (Lipinski definition) is 1. The standard InChI is InChI=1S/C18H23N3O6S/c1-4-7-19-17(22)13-27-18(23)15-12-14(28(24,25)20(2)3)5-6-16(15)21-8-10-26-11-9-21/h1,5-6,12H,7-11,13H2,2-3H3,(H,19,22). The van der Waals surface area contributed by atoms with Crippen LogP contribution in [0, 0.1) is 12.3 Å². The molecule has 1 heterocycles. The first-order valence-electron chi connectivity index (χ1n) is 8.54. The topological polar surface area (TPSA) is 105 Å². The molecule has 1 aliphatic rings. The van der Waals surface area contributed by atoms with E-state index in [2.05, 4.69) is 11.2 Å². The largest absolute Gasteiger partial charge is 0.452 e. The second-order valence-electron chi connectivity index (χ2n) is 6.12. The summed E-state index contributed by atoms with van der Waals surface area (Å²) in [7, 11) is -0.939. The smallest absolute Gasteiger partial charge is 0.340 e. The molecule has 1 aliphatic heterocycles. The Hall–Kier alpha value is -2.61. The Morgan fingerprint density at radius 3 is 2.61 bits per heavy atom. The molecule has 0 aromatic heterocycles. The van der Waals surface area contributed by atoms with Crippen LogP contribution in [0.15, 0.2) is 23.1 Å². The molecule has 0 atom stereocenters. The van der Waals surface area contributed by atoms with Crippen LogP contribution >= 0.6 is 0 Å². The molecule has 152 valence electrons. The van der Waals surface area contributed by atoms with Crippen LogP contribution in [0.4, 0.5) is 5.69 Å². The number of hydrogen-bond acceptors (Lipinski definition) is 7. The van der Waals surface area contributed by atoms with E-state index in [0.29, 0.717) is 32.0 Å². The monoisotopic (exact) mass is 409 g/mol. The number of terminal acetylenes is 1. The summed E-state index contributed by atoms with van der Waals surface area (Å²) >= 11 is 0. The molecule has 10 heteroatoms. The molecular formula is C18H23N3O6S. The molecule has 0 aliphatic carbocycles. The number of carbonyl (C=O) groups is 2. The van der Waals surface area contributed by atoms with E-state index in [1.165, 1.54) is 26.2 Å². The number of sulfonamides is 1. The molecule has 0 spiro atoms. The number of carbonyl (C=O) groups excluding carboxylic acids is 2. The molecule has 0 saturated carbocycles. The van der Waals surface area contributed by atoms with E-state index in [0.717, 1.165) is 4.31 Å². The Morgan fingerprint density at radius 1 is 1.32 bits per heavy atom. The molecule has 0 radical (unpaired) electrons. The summed E-state index contributed by atoms with van der Waals surface area (Å²) in [6.45, 7) is 1.56. The number of rotatable bonds is 7. The number of nitrogens with zero attached hydrogens (tertiary/aromatic N) is 2. The van der Waals surface area contributed by atoms with Crippen molar-refractivity contribution in [1.82, 2.24) is 9.62 Å². The van der Waals surface area contributed by atoms with Gasteiger partial charge in [0.1, 0.15) is 0 Å². The summed E-state index contributed by atoms with van der Waals surface area (Å²) < 4.78 is 36.3. The Kier molecular flexibility index (Phi) is 7.39. The number of benzene rings is 1. The molecular weight excluding hydrogens is 386 g/mol. The summed E-state index contributed by atoms with van der Waals surface area (Å²) in [6.07, 6.45) is 5.06. The highest BCUT2D eigenvalue weighted by molar-refractivity contribution is 7.89. The first-order chi connectivity index (χ1) is 13.3. The number of ether oxygens (including phenoxy) is 2. The zero-order chi connectivity index (χ0) is 20.7. The third kappa shape index (κ3) is 5.22. The lowest BCUT2D eigenvalue weighted by Gasteiger charge is -2.30. The van der Waals surface area contributed by atoms with Crippen LogP contribution in [0.1, 0.15) is 10.4 Å². The van der Waals surface area contributed by atoms with Crippen molar-refractivity contribution >= 4 is 27.6 Å². The average molecular weight is 409 g/mol. The third-order valence-corrected chi connectivity index (χ3v) is 5.85. The van der Waals surface area contributed by atoms with E-state index in [-0.39, 0.29) is 17.0 Å². The van der Waals surface area contributed by atoms with Crippen molar-refractivity contribution in [1.29, 1.82) is 0 Å². The number of anilines is 1. The van der Waals surface area contributed by atoms with Gasteiger partial charge >= 0.3 is 5.97 Å². The molecule has 1 aromatic rings. The average Bonchev–Trinajstić information content (AvgIpc) is 2.70. The van der Waals surface area contributed by atoms with Gasteiger partial charge in [-0.2, -0.15) is 0 Å². The van der Waals surface area contributed by atoms with E-state index in [4.69, 9.17) is 15.9 Å². The Balaban J connectivity index is 2.32. The van der Waals surface area contributed by atoms with Crippen molar-refractivity contribution in [3.05, 3.63) is 23.8 Å². The fourth-order valence-electron chi connectivity index (χ4n) is 2.54. The van der Waals surface area contributed by atoms with Gasteiger partial charge in [0.25, 0.3) is 5.91 Å². The van der Waals surface area contributed by atoms with E-state index < -0.39 is 28.5 Å². The zero-order valence-electron chi connectivity index (χ0n) is 15.8. The Bertz CT molecular complexity index is 870. The fraction of sp³-hybridized carbons (Fsp3) is 0.444. The van der Waals surface area contributed by atoms with Crippen molar-refractivity contribution in [3.8, 4) is 12.3 Å². The highest BCUT2D eigenvalue weighted by Crippen LogP contribution is 2.27. The van der Waals surface area contributed by atoms with Gasteiger partial charge in [0.05, 0.1) is 35.9 Å². The van der Waals surface area contributed by atoms with E-state index in [1.807, 2.05) is 4.90 Å². The molecule has 9 nitrogen and oxygen atoms in total. The van der Waals surface area contributed by atoms with Gasteiger partial charge in [-0.25, -0.2) is 17.5 Å². The Labute approximate surface area is 164 Å². The maximum Gasteiger partial charge on any atom is 0.340 e. The summed E-state index contributed by atoms with van der Waals surface area (Å²) in [5.74, 6) is 0.899. The Morgan fingerprint density at radius 2 is 2.00 bits per heavy atom. The molecule has 1 aromatic carbocycles. The predicted molar refractivity (Wildman–Crippen MR) is 102 cm³/mol. The molecule has 1 saturated heterocycles. The second-order valence-corrected chi connectivity index (χ2v) is 8.27. The summed E-state index contributed by atoms with van der Waals surface area (Å²) in [5, 5.41) is 2.39. The molecule has 2 rings (SSSR count). The molecule has 1 N–H and O–H groups in total. The number of amides is 1. The van der Waals surface area contributed by atoms with Crippen molar-refractivity contribution < 1.29 is 27.5 Å². The molecule has 1 amide bonds. The highest BCUT2D eigenvalue weighted by atomic mass is 32.2. The first kappa shape index (κ1) is 21.7. The molecule has 0 unspecified atom stereocenters. The van der Waals surface area contributed by atoms with Crippen molar-refractivity contribution in [2.45, 2.75) is 4.90 Å². The van der Waals surface area contributed by atoms with Crippen LogP contribution in [-0.2, 0) is 24.3 Å². The maximum atomic E-state index is 12.6. The first-order valence-corrected chi connectivity index (χ1v) is 9.98. The summed E-state index contributed by atoms with van der Waals surface area (Å²) in [5.41, 5.74) is 0.588. The lowest BCUT2D eigenvalue weighted by Crippen LogP contribution is -2.37. The van der Waals surface area contributed by atoms with Gasteiger partial charge in [-0.15, -0.1) is 6.42 Å². The van der Waals surface area contributed by atoms with Gasteiger partial charge in [0.15, 0.2) is 6.61 Å². The minimum atomic E-state index is -3.74. The van der Waals surface area contributed by atoms with Crippen LogP contribution in [-0.4, -0.2) is 78.1 Å². The van der Waals surface area contributed by atoms with Crippen LogP contribution in [0.5, 0.6) is 0 Å². The van der Waals surface area contributed by atoms with Gasteiger partial charge in [0.2, 0.25) is 10.0 Å². The highest BCUT2D eigenvalue weighted by Gasteiger charge is 2.25. The van der Waals surface area contributed by atoms with E-state index in [9.17, 15) is 18.0 Å². The molecule has 1 fully saturated rings. The summed E-state index contributed by atoms with van der Waals surface area (Å²) in [6, 6.07) is 4.27. The van der Waals surface area contributed by atoms with Crippen molar-refractivity contribution in [2.75, 3.05) is 58.5 Å². The SMILES string of the molecule is C#CCNC(=O)COC(=O)c1cc(S(=O)(=O)N(C)C)ccc1N1CCOCC1. The second kappa shape index (κ2) is 9.54. The third-order valence-electron chi connectivity index (χ3n) is 4.04. The predicted octanol–water partition coefficient (Wildman–Crippen LogP) is -0.320. The van der Waals surface area contributed by atoms with Gasteiger partial charge < -0.3 is 19.7 Å². The molecule has 0 bridgehead atoms. The number of nitrogens with one attached hydrogen (secondary N) is 1. The molecule has 28 heavy (non-hydrogen) atoms. The number of esters is 1. The lowest BCUT2D eigenvalue weighted by molar-refractivity contribution is -0.123. The minimum absolute atomic E-state index is 0.0198. The van der Waals surface area contributed by atoms with Gasteiger partial charge in [-0.05, 0) is 18.2 Å². The van der Waals surface area contributed by atoms with E-state index in [1.54, 1.807) is 6.07 Å². The van der Waals surface area contributed by atoms with E-state index >= 15 is 0 Å². The lowest BCUT2D eigenvalue weighted by atomic mass is 10.1. The maximum absolute atomic E-state index is 12.6. The van der Waals surface area contributed by atoms with Gasteiger partial charge in [-0.1, -0.05) is 5.92 Å². The van der Waals surface area contributed by atoms with Crippen LogP contribution in [0.3, 0.4) is 0 Å². The van der Waals surface area contributed by atoms with Crippen LogP contribution in [0.25, 0.3) is 0 Å². The minimum Gasteiger partial charge on any atom is -0.452 e. The fourth-order valence-corrected chi connectivity index (χ4v) is 3.47. The van der Waals surface area contributed by atoms with Crippen molar-refractivity contribution in [3.63, 3.8) is 0 Å². The van der Waals surface area contributed by atoms with Crippen LogP contribution < -0.4 is 10.2 Å². The normalized spacial score (nSPS) is 14.4.